The van der Waals surface area contributed by atoms with Crippen molar-refractivity contribution in [3.05, 3.63) is 69.2 Å². The molecular weight excluding hydrogens is 379 g/mol. The molecule has 0 bridgehead atoms. The Balaban J connectivity index is 1.88. The molecule has 2 aliphatic heterocycles. The number of nitrogens with zero attached hydrogens (tertiary/aromatic N) is 1. The molecule has 140 valence electrons. The first kappa shape index (κ1) is 18.4. The number of amides is 1. The van der Waals surface area contributed by atoms with Crippen molar-refractivity contribution in [3.8, 4) is 0 Å². The van der Waals surface area contributed by atoms with Crippen LogP contribution in [0.1, 0.15) is 37.0 Å². The summed E-state index contributed by atoms with van der Waals surface area (Å²) >= 11 is 12.5. The SMILES string of the molecule is Cc1ccc2c(c1)C(C)(C)[C@]1(/C=C/c3cccc(Cl)c3Cl)NC(=O)CCN21. The zero-order chi connectivity index (χ0) is 19.4. The van der Waals surface area contributed by atoms with E-state index in [0.717, 1.165) is 5.56 Å². The van der Waals surface area contributed by atoms with Gasteiger partial charge in [0.1, 0.15) is 5.66 Å². The van der Waals surface area contributed by atoms with Crippen LogP contribution in [0.15, 0.2) is 42.5 Å². The monoisotopic (exact) mass is 400 g/mol. The van der Waals surface area contributed by atoms with Crippen LogP contribution in [-0.4, -0.2) is 18.1 Å². The highest BCUT2D eigenvalue weighted by atomic mass is 35.5. The first-order valence-electron chi connectivity index (χ1n) is 9.09. The molecule has 2 aliphatic rings. The Morgan fingerprint density at radius 3 is 2.74 bits per heavy atom. The maximum absolute atomic E-state index is 12.4. The van der Waals surface area contributed by atoms with E-state index in [1.165, 1.54) is 16.8 Å². The van der Waals surface area contributed by atoms with Gasteiger partial charge in [0, 0.05) is 24.1 Å². The minimum Gasteiger partial charge on any atom is -0.344 e. The lowest BCUT2D eigenvalue weighted by molar-refractivity contribution is -0.124. The Morgan fingerprint density at radius 2 is 1.96 bits per heavy atom. The molecule has 0 spiro atoms. The molecule has 1 saturated heterocycles. The van der Waals surface area contributed by atoms with Gasteiger partial charge in [-0.2, -0.15) is 0 Å². The van der Waals surface area contributed by atoms with Crippen molar-refractivity contribution < 1.29 is 4.79 Å². The summed E-state index contributed by atoms with van der Waals surface area (Å²) in [5, 5.41) is 4.31. The number of anilines is 1. The molecule has 0 aromatic heterocycles. The topological polar surface area (TPSA) is 32.3 Å². The van der Waals surface area contributed by atoms with E-state index in [4.69, 9.17) is 23.2 Å². The average molecular weight is 401 g/mol. The van der Waals surface area contributed by atoms with E-state index < -0.39 is 5.66 Å². The third kappa shape index (κ3) is 2.67. The first-order valence-corrected chi connectivity index (χ1v) is 9.85. The highest BCUT2D eigenvalue weighted by Gasteiger charge is 2.57. The maximum Gasteiger partial charge on any atom is 0.223 e. The van der Waals surface area contributed by atoms with Crippen LogP contribution in [0.4, 0.5) is 5.69 Å². The van der Waals surface area contributed by atoms with E-state index in [0.29, 0.717) is 23.0 Å². The molecule has 1 amide bonds. The van der Waals surface area contributed by atoms with Crippen molar-refractivity contribution in [3.63, 3.8) is 0 Å². The second kappa shape index (κ2) is 6.29. The largest absolute Gasteiger partial charge is 0.344 e. The fourth-order valence-electron chi connectivity index (χ4n) is 4.33. The van der Waals surface area contributed by atoms with Crippen LogP contribution in [-0.2, 0) is 10.2 Å². The molecular formula is C22H22Cl2N2O. The van der Waals surface area contributed by atoms with Gasteiger partial charge in [0.05, 0.1) is 10.0 Å². The second-order valence-corrected chi connectivity index (χ2v) is 8.62. The third-order valence-corrected chi connectivity index (χ3v) is 6.71. The second-order valence-electron chi connectivity index (χ2n) is 7.84. The van der Waals surface area contributed by atoms with Gasteiger partial charge in [-0.15, -0.1) is 0 Å². The lowest BCUT2D eigenvalue weighted by atomic mass is 9.74. The van der Waals surface area contributed by atoms with Gasteiger partial charge in [-0.25, -0.2) is 0 Å². The molecule has 0 saturated carbocycles. The van der Waals surface area contributed by atoms with Gasteiger partial charge in [0.25, 0.3) is 0 Å². The molecule has 4 rings (SSSR count). The predicted octanol–water partition coefficient (Wildman–Crippen LogP) is 5.33. The van der Waals surface area contributed by atoms with Crippen LogP contribution < -0.4 is 10.2 Å². The quantitative estimate of drug-likeness (QED) is 0.738. The van der Waals surface area contributed by atoms with Crippen LogP contribution in [0.5, 0.6) is 0 Å². The van der Waals surface area contributed by atoms with Gasteiger partial charge in [0.2, 0.25) is 5.91 Å². The molecule has 3 nitrogen and oxygen atoms in total. The summed E-state index contributed by atoms with van der Waals surface area (Å²) < 4.78 is 0. The average Bonchev–Trinajstić information content (AvgIpc) is 2.80. The Kier molecular flexibility index (Phi) is 4.28. The fourth-order valence-corrected chi connectivity index (χ4v) is 4.70. The summed E-state index contributed by atoms with van der Waals surface area (Å²) in [6, 6.07) is 12.1. The minimum absolute atomic E-state index is 0.0608. The number of rotatable bonds is 2. The number of hydrogen-bond acceptors (Lipinski definition) is 2. The van der Waals surface area contributed by atoms with Crippen molar-refractivity contribution in [2.24, 2.45) is 0 Å². The van der Waals surface area contributed by atoms with Crippen LogP contribution in [0.2, 0.25) is 10.0 Å². The predicted molar refractivity (Wildman–Crippen MR) is 113 cm³/mol. The standard InChI is InChI=1S/C22H22Cl2N2O/c1-14-7-8-18-16(13-14)21(2,3)22(25-19(27)10-12-26(18)22)11-9-15-5-4-6-17(23)20(15)24/h4-9,11,13H,10,12H2,1-3H3,(H,25,27)/b11-9+/t22-/m1/s1. The lowest BCUT2D eigenvalue weighted by Crippen LogP contribution is -2.68. The Labute approximate surface area is 170 Å². The Hall–Kier alpha value is -1.97. The summed E-state index contributed by atoms with van der Waals surface area (Å²) in [5.41, 5.74) is 3.50. The van der Waals surface area contributed by atoms with Gasteiger partial charge in [-0.3, -0.25) is 4.79 Å². The molecule has 0 unspecified atom stereocenters. The van der Waals surface area contributed by atoms with Crippen molar-refractivity contribution in [1.29, 1.82) is 0 Å². The fraction of sp³-hybridized carbons (Fsp3) is 0.318. The Morgan fingerprint density at radius 1 is 1.19 bits per heavy atom. The maximum atomic E-state index is 12.4. The van der Waals surface area contributed by atoms with E-state index in [1.807, 2.05) is 18.2 Å². The minimum atomic E-state index is -0.649. The molecule has 1 fully saturated rings. The van der Waals surface area contributed by atoms with Crippen molar-refractivity contribution >= 4 is 40.9 Å². The number of carbonyl (C=O) groups is 1. The van der Waals surface area contributed by atoms with Crippen molar-refractivity contribution in [2.75, 3.05) is 11.4 Å². The summed E-state index contributed by atoms with van der Waals surface area (Å²) in [5.74, 6) is 0.0608. The van der Waals surface area contributed by atoms with E-state index in [2.05, 4.69) is 55.3 Å². The third-order valence-electron chi connectivity index (χ3n) is 5.87. The van der Waals surface area contributed by atoms with E-state index in [-0.39, 0.29) is 11.3 Å². The number of benzene rings is 2. The molecule has 0 aliphatic carbocycles. The number of nitrogens with one attached hydrogen (secondary N) is 1. The normalized spacial score (nSPS) is 23.3. The summed E-state index contributed by atoms with van der Waals surface area (Å²) in [4.78, 5) is 14.7. The summed E-state index contributed by atoms with van der Waals surface area (Å²) in [6.45, 7) is 7.14. The zero-order valence-electron chi connectivity index (χ0n) is 15.6. The van der Waals surface area contributed by atoms with E-state index in [9.17, 15) is 4.79 Å². The van der Waals surface area contributed by atoms with Gasteiger partial charge in [0.15, 0.2) is 0 Å². The number of halogens is 2. The van der Waals surface area contributed by atoms with Crippen LogP contribution in [0, 0.1) is 6.92 Å². The van der Waals surface area contributed by atoms with E-state index >= 15 is 0 Å². The molecule has 1 atom stereocenters. The van der Waals surface area contributed by atoms with Gasteiger partial charge in [-0.1, -0.05) is 73.0 Å². The van der Waals surface area contributed by atoms with Crippen molar-refractivity contribution in [1.82, 2.24) is 5.32 Å². The molecule has 2 aromatic carbocycles. The van der Waals surface area contributed by atoms with E-state index in [1.54, 1.807) is 6.07 Å². The van der Waals surface area contributed by atoms with Gasteiger partial charge < -0.3 is 10.2 Å². The number of fused-ring (bicyclic) bond motifs is 3. The van der Waals surface area contributed by atoms with Crippen LogP contribution in [0.3, 0.4) is 0 Å². The Bertz CT molecular complexity index is 967. The summed E-state index contributed by atoms with van der Waals surface area (Å²) in [6.07, 6.45) is 4.52. The smallest absolute Gasteiger partial charge is 0.223 e. The molecule has 0 radical (unpaired) electrons. The highest BCUT2D eigenvalue weighted by Crippen LogP contribution is 2.52. The number of aryl methyl sites for hydroxylation is 1. The molecule has 1 N–H and O–H groups in total. The first-order chi connectivity index (χ1) is 12.8. The van der Waals surface area contributed by atoms with Gasteiger partial charge in [-0.05, 0) is 36.3 Å². The summed E-state index contributed by atoms with van der Waals surface area (Å²) in [7, 11) is 0. The zero-order valence-corrected chi connectivity index (χ0v) is 17.2. The molecule has 2 aromatic rings. The highest BCUT2D eigenvalue weighted by molar-refractivity contribution is 6.42. The number of hydrogen-bond donors (Lipinski definition) is 1. The van der Waals surface area contributed by atoms with Crippen molar-refractivity contribution in [2.45, 2.75) is 38.3 Å². The van der Waals surface area contributed by atoms with Crippen LogP contribution in [0.25, 0.3) is 6.08 Å². The molecule has 5 heteroatoms. The van der Waals surface area contributed by atoms with Crippen LogP contribution >= 0.6 is 23.2 Å². The lowest BCUT2D eigenvalue weighted by Gasteiger charge is -2.49. The number of carbonyl (C=O) groups excluding carboxylic acids is 1. The van der Waals surface area contributed by atoms with Gasteiger partial charge >= 0.3 is 0 Å². The molecule has 2 heterocycles. The molecule has 27 heavy (non-hydrogen) atoms.